The van der Waals surface area contributed by atoms with Gasteiger partial charge in [-0.15, -0.1) is 0 Å². The Morgan fingerprint density at radius 3 is 2.08 bits per heavy atom. The summed E-state index contributed by atoms with van der Waals surface area (Å²) in [6.45, 7) is 6.20. The SMILES string of the molecule is CCS(=O)(=O)O.CCc1cc2c(cc1CC)CC(NC[C@H](O)c1ccc(O)c3[nH]c(=O)ccc13)C2.O. The third-order valence-electron chi connectivity index (χ3n) is 6.45. The van der Waals surface area contributed by atoms with Crippen molar-refractivity contribution in [3.8, 4) is 5.75 Å². The molecule has 7 N–H and O–H groups in total. The van der Waals surface area contributed by atoms with E-state index in [1.165, 1.54) is 41.3 Å². The Kier molecular flexibility index (Phi) is 10.2. The molecule has 1 aliphatic rings. The van der Waals surface area contributed by atoms with Crippen LogP contribution in [0.5, 0.6) is 5.75 Å². The molecular weight excluding hydrogens is 484 g/mol. The average Bonchev–Trinajstić information content (AvgIpc) is 3.23. The van der Waals surface area contributed by atoms with Crippen LogP contribution in [0.1, 0.15) is 54.7 Å². The van der Waals surface area contributed by atoms with Gasteiger partial charge in [-0.25, -0.2) is 0 Å². The molecule has 10 heteroatoms. The molecule has 0 fully saturated rings. The molecule has 4 rings (SSSR count). The molecule has 0 aliphatic heterocycles. The first-order valence-corrected chi connectivity index (χ1v) is 13.5. The van der Waals surface area contributed by atoms with Crippen LogP contribution in [0.25, 0.3) is 10.9 Å². The van der Waals surface area contributed by atoms with Gasteiger partial charge in [0.2, 0.25) is 5.56 Å². The number of hydrogen-bond donors (Lipinski definition) is 5. The van der Waals surface area contributed by atoms with E-state index in [1.807, 2.05) is 0 Å². The van der Waals surface area contributed by atoms with Gasteiger partial charge in [-0.05, 0) is 72.6 Å². The molecule has 1 aliphatic carbocycles. The lowest BCUT2D eigenvalue weighted by molar-refractivity contribution is 0.171. The Hall–Kier alpha value is -2.76. The molecule has 2 aromatic carbocycles. The van der Waals surface area contributed by atoms with Gasteiger partial charge in [0, 0.05) is 24.0 Å². The lowest BCUT2D eigenvalue weighted by Gasteiger charge is -2.18. The van der Waals surface area contributed by atoms with E-state index < -0.39 is 16.2 Å². The summed E-state index contributed by atoms with van der Waals surface area (Å²) in [5.41, 5.74) is 6.49. The second kappa shape index (κ2) is 12.5. The first-order valence-electron chi connectivity index (χ1n) is 11.9. The second-order valence-corrected chi connectivity index (χ2v) is 10.5. The molecule has 198 valence electrons. The number of pyridine rings is 1. The van der Waals surface area contributed by atoms with Gasteiger partial charge in [0.25, 0.3) is 10.1 Å². The van der Waals surface area contributed by atoms with E-state index in [-0.39, 0.29) is 22.5 Å². The first-order chi connectivity index (χ1) is 16.6. The van der Waals surface area contributed by atoms with E-state index in [9.17, 15) is 23.4 Å². The quantitative estimate of drug-likeness (QED) is 0.297. The van der Waals surface area contributed by atoms with Crippen LogP contribution in [0, 0.1) is 0 Å². The van der Waals surface area contributed by atoms with Crippen LogP contribution < -0.4 is 10.9 Å². The Morgan fingerprint density at radius 2 is 1.58 bits per heavy atom. The summed E-state index contributed by atoms with van der Waals surface area (Å²) in [6, 6.07) is 11.3. The van der Waals surface area contributed by atoms with E-state index in [0.29, 0.717) is 29.1 Å². The van der Waals surface area contributed by atoms with Crippen LogP contribution in [0.3, 0.4) is 0 Å². The smallest absolute Gasteiger partial charge is 0.264 e. The lowest BCUT2D eigenvalue weighted by Crippen LogP contribution is -2.33. The fourth-order valence-corrected chi connectivity index (χ4v) is 4.51. The number of fused-ring (bicyclic) bond motifs is 2. The molecule has 0 saturated carbocycles. The zero-order chi connectivity index (χ0) is 25.8. The molecular formula is C26H36N2O7S. The first kappa shape index (κ1) is 29.5. The van der Waals surface area contributed by atoms with Gasteiger partial charge in [-0.2, -0.15) is 8.42 Å². The topological polar surface area (TPSA) is 171 Å². The molecule has 0 radical (unpaired) electrons. The summed E-state index contributed by atoms with van der Waals surface area (Å²) in [5.74, 6) is -0.196. The second-order valence-electron chi connectivity index (χ2n) is 8.78. The van der Waals surface area contributed by atoms with Crippen LogP contribution in [-0.2, 0) is 35.8 Å². The van der Waals surface area contributed by atoms with Crippen LogP contribution in [0.4, 0.5) is 0 Å². The van der Waals surface area contributed by atoms with Crippen molar-refractivity contribution >= 4 is 21.0 Å². The van der Waals surface area contributed by atoms with E-state index in [4.69, 9.17) is 4.55 Å². The van der Waals surface area contributed by atoms with Gasteiger partial charge >= 0.3 is 0 Å². The van der Waals surface area contributed by atoms with Gasteiger partial charge in [0.15, 0.2) is 0 Å². The maximum absolute atomic E-state index is 11.6. The van der Waals surface area contributed by atoms with Crippen molar-refractivity contribution in [1.29, 1.82) is 0 Å². The maximum Gasteiger partial charge on any atom is 0.264 e. The number of hydrogen-bond acceptors (Lipinski definition) is 6. The van der Waals surface area contributed by atoms with Gasteiger partial charge in [-0.3, -0.25) is 9.35 Å². The van der Waals surface area contributed by atoms with Crippen molar-refractivity contribution < 1.29 is 28.7 Å². The molecule has 36 heavy (non-hydrogen) atoms. The van der Waals surface area contributed by atoms with Crippen molar-refractivity contribution in [3.05, 3.63) is 74.6 Å². The van der Waals surface area contributed by atoms with Crippen LogP contribution in [0.2, 0.25) is 0 Å². The number of aromatic amines is 1. The fourth-order valence-electron chi connectivity index (χ4n) is 4.51. The highest BCUT2D eigenvalue weighted by molar-refractivity contribution is 7.85. The summed E-state index contributed by atoms with van der Waals surface area (Å²) in [5, 5.41) is 25.0. The van der Waals surface area contributed by atoms with Crippen molar-refractivity contribution in [2.24, 2.45) is 0 Å². The monoisotopic (exact) mass is 520 g/mol. The van der Waals surface area contributed by atoms with E-state index in [2.05, 4.69) is 36.3 Å². The predicted molar refractivity (Wildman–Crippen MR) is 141 cm³/mol. The Balaban J connectivity index is 0.000000584. The van der Waals surface area contributed by atoms with Gasteiger partial charge < -0.3 is 26.0 Å². The molecule has 1 aromatic heterocycles. The third-order valence-corrected chi connectivity index (χ3v) is 7.18. The van der Waals surface area contributed by atoms with Crippen LogP contribution in [-0.4, -0.2) is 52.0 Å². The summed E-state index contributed by atoms with van der Waals surface area (Å²) >= 11 is 0. The molecule has 1 heterocycles. The molecule has 0 amide bonds. The third kappa shape index (κ3) is 7.14. The number of benzene rings is 2. The number of phenols is 1. The highest BCUT2D eigenvalue weighted by Crippen LogP contribution is 2.30. The number of aromatic nitrogens is 1. The number of phenolic OH excluding ortho intramolecular Hbond substituents is 1. The Bertz CT molecular complexity index is 1320. The van der Waals surface area contributed by atoms with Gasteiger partial charge in [-0.1, -0.05) is 32.0 Å². The minimum atomic E-state index is -3.66. The number of aromatic hydroxyl groups is 1. The number of aryl methyl sites for hydroxylation is 2. The zero-order valence-electron chi connectivity index (χ0n) is 20.8. The zero-order valence-corrected chi connectivity index (χ0v) is 21.7. The summed E-state index contributed by atoms with van der Waals surface area (Å²) in [7, 11) is -3.66. The Morgan fingerprint density at radius 1 is 1.03 bits per heavy atom. The number of rotatable bonds is 7. The molecule has 0 spiro atoms. The minimum Gasteiger partial charge on any atom is -0.506 e. The van der Waals surface area contributed by atoms with E-state index >= 15 is 0 Å². The van der Waals surface area contributed by atoms with Gasteiger partial charge in [0.05, 0.1) is 17.4 Å². The summed E-state index contributed by atoms with van der Waals surface area (Å²) < 4.78 is 26.9. The number of H-pyrrole nitrogens is 1. The predicted octanol–water partition coefficient (Wildman–Crippen LogP) is 2.22. The van der Waals surface area contributed by atoms with Crippen molar-refractivity contribution in [2.45, 2.75) is 58.6 Å². The van der Waals surface area contributed by atoms with E-state index in [0.717, 1.165) is 25.7 Å². The van der Waals surface area contributed by atoms with Crippen molar-refractivity contribution in [2.75, 3.05) is 12.3 Å². The molecule has 1 atom stereocenters. The van der Waals surface area contributed by atoms with E-state index in [1.54, 1.807) is 12.1 Å². The summed E-state index contributed by atoms with van der Waals surface area (Å²) in [6.07, 6.45) is 3.34. The van der Waals surface area contributed by atoms with Crippen LogP contribution in [0.15, 0.2) is 41.2 Å². The molecule has 9 nitrogen and oxygen atoms in total. The molecule has 0 saturated heterocycles. The largest absolute Gasteiger partial charge is 0.506 e. The normalized spacial score (nSPS) is 14.0. The lowest BCUT2D eigenvalue weighted by atomic mass is 9.97. The highest BCUT2D eigenvalue weighted by Gasteiger charge is 2.24. The molecule has 0 bridgehead atoms. The average molecular weight is 521 g/mol. The van der Waals surface area contributed by atoms with Crippen molar-refractivity contribution in [1.82, 2.24) is 10.3 Å². The Labute approximate surface area is 211 Å². The standard InChI is InChI=1S/C24H28N2O3.C2H6O3S.H2O/c1-3-14-9-16-11-18(12-17(16)10-15(14)4-2)25-13-22(28)19-5-7-21(27)24-20(19)6-8-23(29)26-24;1-2-6(3,4)5;/h5-10,18,22,25,27-28H,3-4,11-13H2,1-2H3,(H,26,29);2H2,1H3,(H,3,4,5);1H2/t22-;;/m0../s1. The van der Waals surface area contributed by atoms with Crippen LogP contribution >= 0.6 is 0 Å². The number of nitrogens with one attached hydrogen (secondary N) is 2. The van der Waals surface area contributed by atoms with Crippen molar-refractivity contribution in [3.63, 3.8) is 0 Å². The minimum absolute atomic E-state index is 0. The fraction of sp³-hybridized carbons (Fsp3) is 0.423. The highest BCUT2D eigenvalue weighted by atomic mass is 32.2. The summed E-state index contributed by atoms with van der Waals surface area (Å²) in [4.78, 5) is 14.2. The maximum atomic E-state index is 11.6. The molecule has 0 unspecified atom stereocenters. The van der Waals surface area contributed by atoms with Gasteiger partial charge in [0.1, 0.15) is 5.75 Å². The molecule has 3 aromatic rings. The number of aliphatic hydroxyl groups excluding tert-OH is 1. The number of aliphatic hydroxyl groups is 1.